The van der Waals surface area contributed by atoms with E-state index in [1.165, 1.54) is 0 Å². The zero-order chi connectivity index (χ0) is 12.7. The summed E-state index contributed by atoms with van der Waals surface area (Å²) in [5, 5.41) is 0. The molecule has 1 rings (SSSR count). The molecule has 1 heterocycles. The van der Waals surface area contributed by atoms with Crippen molar-refractivity contribution in [2.75, 3.05) is 6.61 Å². The molecular formula is C14H20N2O. The highest BCUT2D eigenvalue weighted by molar-refractivity contribution is 5.30. The van der Waals surface area contributed by atoms with Crippen LogP contribution in [0.4, 0.5) is 0 Å². The maximum atomic E-state index is 5.95. The van der Waals surface area contributed by atoms with E-state index in [1.807, 2.05) is 19.1 Å². The molecule has 0 aliphatic carbocycles. The summed E-state index contributed by atoms with van der Waals surface area (Å²) in [6, 6.07) is 4.00. The molecule has 3 nitrogen and oxygen atoms in total. The summed E-state index contributed by atoms with van der Waals surface area (Å²) in [7, 11) is 0. The van der Waals surface area contributed by atoms with Gasteiger partial charge in [-0.3, -0.25) is 4.98 Å². The predicted octanol–water partition coefficient (Wildman–Crippen LogP) is 2.07. The molecule has 92 valence electrons. The Hall–Kier alpha value is -1.53. The number of aromatic nitrogens is 1. The maximum Gasteiger partial charge on any atom is 0.140 e. The Morgan fingerprint density at radius 2 is 2.29 bits per heavy atom. The van der Waals surface area contributed by atoms with E-state index < -0.39 is 0 Å². The van der Waals surface area contributed by atoms with E-state index in [4.69, 9.17) is 16.9 Å². The summed E-state index contributed by atoms with van der Waals surface area (Å²) in [6.45, 7) is 4.56. The topological polar surface area (TPSA) is 48.1 Å². The van der Waals surface area contributed by atoms with Gasteiger partial charge in [-0.1, -0.05) is 6.92 Å². The number of nitrogens with zero attached hydrogens (tertiary/aromatic N) is 1. The number of hydrogen-bond donors (Lipinski definition) is 1. The van der Waals surface area contributed by atoms with Gasteiger partial charge in [0.25, 0.3) is 0 Å². The third kappa shape index (κ3) is 4.46. The summed E-state index contributed by atoms with van der Waals surface area (Å²) in [4.78, 5) is 4.48. The van der Waals surface area contributed by atoms with Crippen molar-refractivity contribution in [1.82, 2.24) is 4.98 Å². The third-order valence-corrected chi connectivity index (χ3v) is 2.56. The molecule has 1 atom stereocenters. The van der Waals surface area contributed by atoms with Crippen LogP contribution in [0.15, 0.2) is 12.1 Å². The number of terminal acetylenes is 1. The molecule has 0 fully saturated rings. The molecule has 0 amide bonds. The molecule has 0 aliphatic rings. The largest absolute Gasteiger partial charge is 0.491 e. The number of ether oxygens (including phenoxy) is 1. The zero-order valence-electron chi connectivity index (χ0n) is 10.6. The molecule has 0 bridgehead atoms. The lowest BCUT2D eigenvalue weighted by atomic mass is 10.1. The second-order valence-electron chi connectivity index (χ2n) is 4.07. The predicted molar refractivity (Wildman–Crippen MR) is 69.9 cm³/mol. The smallest absolute Gasteiger partial charge is 0.140 e. The molecule has 0 spiro atoms. The van der Waals surface area contributed by atoms with Crippen molar-refractivity contribution < 1.29 is 4.74 Å². The van der Waals surface area contributed by atoms with Gasteiger partial charge in [-0.25, -0.2) is 0 Å². The average molecular weight is 232 g/mol. The van der Waals surface area contributed by atoms with Gasteiger partial charge in [-0.15, -0.1) is 12.3 Å². The molecule has 0 saturated heterocycles. The minimum Gasteiger partial charge on any atom is -0.491 e. The van der Waals surface area contributed by atoms with E-state index in [-0.39, 0.29) is 6.04 Å². The second-order valence-corrected chi connectivity index (χ2v) is 4.07. The lowest BCUT2D eigenvalue weighted by Crippen LogP contribution is -2.22. The number of hydrogen-bond acceptors (Lipinski definition) is 3. The van der Waals surface area contributed by atoms with Crippen molar-refractivity contribution in [2.45, 2.75) is 39.2 Å². The van der Waals surface area contributed by atoms with E-state index in [2.05, 4.69) is 17.8 Å². The van der Waals surface area contributed by atoms with Crippen molar-refractivity contribution in [3.63, 3.8) is 0 Å². The SMILES string of the molecule is C#CCCOc1ccc(C)nc1CC(N)CC. The monoisotopic (exact) mass is 232 g/mol. The number of nitrogens with two attached hydrogens (primary N) is 1. The van der Waals surface area contributed by atoms with Gasteiger partial charge in [0.1, 0.15) is 5.75 Å². The van der Waals surface area contributed by atoms with Gasteiger partial charge >= 0.3 is 0 Å². The van der Waals surface area contributed by atoms with Crippen molar-refractivity contribution in [3.05, 3.63) is 23.5 Å². The fraction of sp³-hybridized carbons (Fsp3) is 0.500. The van der Waals surface area contributed by atoms with Crippen LogP contribution in [0.25, 0.3) is 0 Å². The molecule has 2 N–H and O–H groups in total. The highest BCUT2D eigenvalue weighted by Crippen LogP contribution is 2.19. The third-order valence-electron chi connectivity index (χ3n) is 2.56. The Kier molecular flexibility index (Phi) is 5.51. The molecule has 1 unspecified atom stereocenters. The van der Waals surface area contributed by atoms with Gasteiger partial charge in [0.05, 0.1) is 12.3 Å². The lowest BCUT2D eigenvalue weighted by molar-refractivity contribution is 0.320. The Morgan fingerprint density at radius 3 is 2.94 bits per heavy atom. The van der Waals surface area contributed by atoms with Gasteiger partial charge in [0.15, 0.2) is 0 Å². The van der Waals surface area contributed by atoms with Crippen LogP contribution >= 0.6 is 0 Å². The van der Waals surface area contributed by atoms with E-state index in [0.29, 0.717) is 13.0 Å². The molecule has 1 aromatic rings. The van der Waals surface area contributed by atoms with Crippen molar-refractivity contribution in [1.29, 1.82) is 0 Å². The lowest BCUT2D eigenvalue weighted by Gasteiger charge is -2.13. The number of rotatable bonds is 6. The Labute approximate surface area is 103 Å². The molecular weight excluding hydrogens is 212 g/mol. The zero-order valence-corrected chi connectivity index (χ0v) is 10.6. The maximum absolute atomic E-state index is 5.95. The van der Waals surface area contributed by atoms with Crippen LogP contribution in [-0.2, 0) is 6.42 Å². The van der Waals surface area contributed by atoms with Gasteiger partial charge in [0, 0.05) is 24.6 Å². The van der Waals surface area contributed by atoms with Crippen molar-refractivity contribution >= 4 is 0 Å². The van der Waals surface area contributed by atoms with E-state index in [1.54, 1.807) is 0 Å². The minimum atomic E-state index is 0.124. The summed E-state index contributed by atoms with van der Waals surface area (Å²) in [5.74, 6) is 3.35. The Bertz CT molecular complexity index is 396. The van der Waals surface area contributed by atoms with Gasteiger partial charge in [0.2, 0.25) is 0 Å². The molecule has 1 aromatic heterocycles. The first-order chi connectivity index (χ1) is 8.17. The summed E-state index contributed by atoms with van der Waals surface area (Å²) in [5.41, 5.74) is 7.86. The van der Waals surface area contributed by atoms with Crippen LogP contribution in [0, 0.1) is 19.3 Å². The Balaban J connectivity index is 2.77. The van der Waals surface area contributed by atoms with Crippen molar-refractivity contribution in [2.24, 2.45) is 5.73 Å². The van der Waals surface area contributed by atoms with Crippen LogP contribution in [-0.4, -0.2) is 17.6 Å². The molecule has 17 heavy (non-hydrogen) atoms. The highest BCUT2D eigenvalue weighted by atomic mass is 16.5. The van der Waals surface area contributed by atoms with Gasteiger partial charge < -0.3 is 10.5 Å². The fourth-order valence-corrected chi connectivity index (χ4v) is 1.49. The number of pyridine rings is 1. The van der Waals surface area contributed by atoms with Crippen LogP contribution in [0.3, 0.4) is 0 Å². The summed E-state index contributed by atoms with van der Waals surface area (Å²) in [6.07, 6.45) is 7.47. The quantitative estimate of drug-likeness (QED) is 0.603. The molecule has 0 saturated carbocycles. The fourth-order valence-electron chi connectivity index (χ4n) is 1.49. The van der Waals surface area contributed by atoms with Crippen LogP contribution in [0.5, 0.6) is 5.75 Å². The molecule has 0 radical (unpaired) electrons. The number of aryl methyl sites for hydroxylation is 1. The van der Waals surface area contributed by atoms with E-state index in [0.717, 1.165) is 30.0 Å². The first-order valence-electron chi connectivity index (χ1n) is 5.95. The van der Waals surface area contributed by atoms with Gasteiger partial charge in [-0.05, 0) is 25.5 Å². The first-order valence-corrected chi connectivity index (χ1v) is 5.95. The normalized spacial score (nSPS) is 11.9. The molecule has 3 heteroatoms. The van der Waals surface area contributed by atoms with Crippen LogP contribution < -0.4 is 10.5 Å². The first kappa shape index (κ1) is 13.5. The Morgan fingerprint density at radius 1 is 1.53 bits per heavy atom. The van der Waals surface area contributed by atoms with Gasteiger partial charge in [-0.2, -0.15) is 0 Å². The average Bonchev–Trinajstić information content (AvgIpc) is 2.32. The highest BCUT2D eigenvalue weighted by Gasteiger charge is 2.09. The summed E-state index contributed by atoms with van der Waals surface area (Å²) < 4.78 is 5.62. The standard InChI is InChI=1S/C14H20N2O/c1-4-6-9-17-14-8-7-11(3)16-13(14)10-12(15)5-2/h1,7-8,12H,5-6,9-10,15H2,2-3H3. The van der Waals surface area contributed by atoms with Crippen LogP contribution in [0.2, 0.25) is 0 Å². The van der Waals surface area contributed by atoms with E-state index >= 15 is 0 Å². The van der Waals surface area contributed by atoms with E-state index in [9.17, 15) is 0 Å². The minimum absolute atomic E-state index is 0.124. The second kappa shape index (κ2) is 6.93. The van der Waals surface area contributed by atoms with Crippen LogP contribution in [0.1, 0.15) is 31.2 Å². The molecule has 0 aliphatic heterocycles. The molecule has 0 aromatic carbocycles. The van der Waals surface area contributed by atoms with Crippen molar-refractivity contribution in [3.8, 4) is 18.1 Å². The summed E-state index contributed by atoms with van der Waals surface area (Å²) >= 11 is 0.